The first kappa shape index (κ1) is 56.5. The molecule has 358 valence electrons. The summed E-state index contributed by atoms with van der Waals surface area (Å²) in [5.74, 6) is -7.64. The van der Waals surface area contributed by atoms with E-state index in [2.05, 4.69) is 62.2 Å². The van der Waals surface area contributed by atoms with Gasteiger partial charge in [-0.3, -0.25) is 43.3 Å². The van der Waals surface area contributed by atoms with Crippen LogP contribution in [-0.4, -0.2) is 154 Å². The molecule has 1 saturated heterocycles. The van der Waals surface area contributed by atoms with Crippen molar-refractivity contribution in [3.8, 4) is 0 Å². The Morgan fingerprint density at radius 3 is 1.78 bits per heavy atom. The Bertz CT molecular complexity index is 1620. The van der Waals surface area contributed by atoms with Crippen molar-refractivity contribution in [2.45, 2.75) is 127 Å². The molecule has 22 nitrogen and oxygen atoms in total. The van der Waals surface area contributed by atoms with E-state index < -0.39 is 102 Å². The molecule has 0 aromatic rings. The Morgan fingerprint density at radius 1 is 0.746 bits per heavy atom. The molecule has 0 saturated carbocycles. The summed E-state index contributed by atoms with van der Waals surface area (Å²) in [6, 6.07) is -9.48. The third-order valence-corrected chi connectivity index (χ3v) is 11.3. The summed E-state index contributed by atoms with van der Waals surface area (Å²) in [6.45, 7) is 7.35. The van der Waals surface area contributed by atoms with Crippen molar-refractivity contribution in [2.75, 3.05) is 36.6 Å². The number of carbonyl (C=O) groups is 9. The van der Waals surface area contributed by atoms with Crippen LogP contribution in [0.15, 0.2) is 4.99 Å². The molecule has 0 unspecified atom stereocenters. The highest BCUT2D eigenvalue weighted by Crippen LogP contribution is 2.21. The number of aliphatic imine (C=N–C) groups is 1. The van der Waals surface area contributed by atoms with Gasteiger partial charge in [0.15, 0.2) is 5.96 Å². The molecule has 1 aliphatic heterocycles. The topological polar surface area (TPSA) is 366 Å². The molecule has 0 spiro atoms. The number of nitrogens with zero attached hydrogens (tertiary/aromatic N) is 2. The van der Waals surface area contributed by atoms with E-state index in [1.807, 2.05) is 0 Å². The SMILES string of the molecule is CSCC[C@H](NC(=O)[C@@H]1CCCN1C(=O)[C@@H](NC(=O)[C@@H](N)CS)C(C)C)C(=O)N[C@@H](CCCN=C(N)N)C(=O)N[C@@H](CC(C)C)C(=O)N[C@@H](CCC(N)=O)C(=O)N[C@@H](CS)C(=O)O. The smallest absolute Gasteiger partial charge is 0.327 e. The van der Waals surface area contributed by atoms with E-state index in [4.69, 9.17) is 22.9 Å². The number of likely N-dealkylation sites (tertiary alicyclic amines) is 1. The molecule has 1 aliphatic rings. The van der Waals surface area contributed by atoms with Gasteiger partial charge >= 0.3 is 5.97 Å². The summed E-state index contributed by atoms with van der Waals surface area (Å²) >= 11 is 9.41. The van der Waals surface area contributed by atoms with Gasteiger partial charge in [-0.2, -0.15) is 37.0 Å². The molecule has 0 bridgehead atoms. The van der Waals surface area contributed by atoms with Crippen LogP contribution in [0.3, 0.4) is 0 Å². The van der Waals surface area contributed by atoms with Crippen molar-refractivity contribution < 1.29 is 48.3 Å². The zero-order chi connectivity index (χ0) is 48.0. The van der Waals surface area contributed by atoms with Gasteiger partial charge in [0, 0.05) is 31.0 Å². The Balaban J connectivity index is 3.42. The number of primary amides is 1. The molecular weight excluding hydrogens is 881 g/mol. The van der Waals surface area contributed by atoms with Gasteiger partial charge in [-0.15, -0.1) is 0 Å². The normalized spacial score (nSPS) is 16.9. The molecule has 1 heterocycles. The average Bonchev–Trinajstić information content (AvgIpc) is 3.71. The molecule has 1 fully saturated rings. The minimum Gasteiger partial charge on any atom is -0.480 e. The number of carboxylic acids is 1. The fourth-order valence-corrected chi connectivity index (χ4v) is 7.30. The van der Waals surface area contributed by atoms with Gasteiger partial charge in [0.1, 0.15) is 42.3 Å². The number of hydrogen-bond acceptors (Lipinski definition) is 14. The maximum Gasteiger partial charge on any atom is 0.327 e. The highest BCUT2D eigenvalue weighted by atomic mass is 32.2. The number of carboxylic acid groups (broad SMARTS) is 1. The molecule has 25 heteroatoms. The Morgan fingerprint density at radius 2 is 1.29 bits per heavy atom. The van der Waals surface area contributed by atoms with Crippen LogP contribution in [0.4, 0.5) is 0 Å². The van der Waals surface area contributed by atoms with Crippen LogP contribution in [0.2, 0.25) is 0 Å². The molecule has 63 heavy (non-hydrogen) atoms. The maximum atomic E-state index is 14.1. The molecule has 0 aliphatic carbocycles. The van der Waals surface area contributed by atoms with Crippen molar-refractivity contribution in [1.82, 2.24) is 36.8 Å². The van der Waals surface area contributed by atoms with Crippen molar-refractivity contribution >= 4 is 96.2 Å². The van der Waals surface area contributed by atoms with Crippen LogP contribution in [0, 0.1) is 11.8 Å². The quantitative estimate of drug-likeness (QED) is 0.0153. The second-order valence-corrected chi connectivity index (χ2v) is 17.6. The number of amides is 8. The number of carbonyl (C=O) groups excluding carboxylic acids is 8. The lowest BCUT2D eigenvalue weighted by molar-refractivity contribution is -0.143. The van der Waals surface area contributed by atoms with Crippen LogP contribution in [-0.2, 0) is 43.2 Å². The van der Waals surface area contributed by atoms with Gasteiger partial charge in [0.25, 0.3) is 0 Å². The highest BCUT2D eigenvalue weighted by molar-refractivity contribution is 7.98. The first-order valence-electron chi connectivity index (χ1n) is 20.7. The number of nitrogens with one attached hydrogen (secondary N) is 6. The average molecular weight is 949 g/mol. The van der Waals surface area contributed by atoms with Crippen LogP contribution in [0.1, 0.15) is 79.1 Å². The lowest BCUT2D eigenvalue weighted by Gasteiger charge is -2.32. The third-order valence-electron chi connectivity index (χ3n) is 9.87. The Labute approximate surface area is 383 Å². The second kappa shape index (κ2) is 29.1. The first-order chi connectivity index (χ1) is 29.6. The standard InChI is InChI=1S/C38H68N12O10S3/c1-19(2)16-25(34(56)45-23(10-11-28(40)51)32(54)48-26(18-62)37(59)60)47-31(53)22(8-6-13-43-38(41)42)44-33(55)24(12-15-63-5)46-35(57)27-9-7-14-50(27)36(58)29(20(3)4)49-30(52)21(39)17-61/h19-27,29,61-62H,6-18,39H2,1-5H3,(H2,40,51)(H,44,55)(H,45,56)(H,46,57)(H,47,53)(H,48,54)(H,49,52)(H,59,60)(H4,41,42,43)/t21-,22-,23-,24-,25-,26-,27-,29-/m0/s1. The molecule has 8 atom stereocenters. The van der Waals surface area contributed by atoms with Gasteiger partial charge in [0.05, 0.1) is 6.04 Å². The Kier molecular flexibility index (Phi) is 26.1. The van der Waals surface area contributed by atoms with Gasteiger partial charge in [0.2, 0.25) is 47.3 Å². The maximum absolute atomic E-state index is 14.1. The highest BCUT2D eigenvalue weighted by Gasteiger charge is 2.40. The summed E-state index contributed by atoms with van der Waals surface area (Å²) < 4.78 is 0. The van der Waals surface area contributed by atoms with Gasteiger partial charge in [-0.25, -0.2) is 4.79 Å². The molecule has 1 rings (SSSR count). The van der Waals surface area contributed by atoms with Crippen LogP contribution in [0.25, 0.3) is 0 Å². The van der Waals surface area contributed by atoms with E-state index in [-0.39, 0.29) is 80.9 Å². The van der Waals surface area contributed by atoms with E-state index >= 15 is 0 Å². The number of thiol groups is 2. The number of thioether (sulfide) groups is 1. The molecule has 0 aromatic heterocycles. The lowest BCUT2D eigenvalue weighted by Crippen LogP contribution is -2.60. The number of rotatable bonds is 29. The van der Waals surface area contributed by atoms with Crippen LogP contribution in [0.5, 0.6) is 0 Å². The zero-order valence-corrected chi connectivity index (χ0v) is 39.2. The summed E-state index contributed by atoms with van der Waals surface area (Å²) in [6.07, 6.45) is 2.31. The van der Waals surface area contributed by atoms with E-state index in [9.17, 15) is 48.3 Å². The second-order valence-electron chi connectivity index (χ2n) is 15.9. The summed E-state index contributed by atoms with van der Waals surface area (Å²) in [4.78, 5) is 124. The number of nitrogens with two attached hydrogens (primary N) is 4. The van der Waals surface area contributed by atoms with Crippen molar-refractivity contribution in [3.63, 3.8) is 0 Å². The Hall–Kier alpha value is -4.49. The monoisotopic (exact) mass is 948 g/mol. The largest absolute Gasteiger partial charge is 0.480 e. The summed E-state index contributed by atoms with van der Waals surface area (Å²) in [5.41, 5.74) is 22.1. The molecule has 0 radical (unpaired) electrons. The number of aliphatic carboxylic acids is 1. The third kappa shape index (κ3) is 20.3. The van der Waals surface area contributed by atoms with Gasteiger partial charge < -0.3 is 64.8 Å². The van der Waals surface area contributed by atoms with Crippen LogP contribution < -0.4 is 54.8 Å². The summed E-state index contributed by atoms with van der Waals surface area (Å²) in [5, 5.41) is 25.0. The number of guanidine groups is 1. The van der Waals surface area contributed by atoms with Crippen molar-refractivity contribution in [1.29, 1.82) is 0 Å². The lowest BCUT2D eigenvalue weighted by atomic mass is 10.0. The van der Waals surface area contributed by atoms with Gasteiger partial charge in [-0.1, -0.05) is 27.7 Å². The number of hydrogen-bond donors (Lipinski definition) is 13. The minimum absolute atomic E-state index is 0.0262. The summed E-state index contributed by atoms with van der Waals surface area (Å²) in [7, 11) is 0. The van der Waals surface area contributed by atoms with E-state index in [0.717, 1.165) is 0 Å². The van der Waals surface area contributed by atoms with E-state index in [1.54, 1.807) is 34.0 Å². The minimum atomic E-state index is -1.42. The molecular formula is C38H68N12O10S3. The molecule has 0 aromatic carbocycles. The van der Waals surface area contributed by atoms with E-state index in [1.165, 1.54) is 16.7 Å². The fraction of sp³-hybridized carbons (Fsp3) is 0.737. The fourth-order valence-electron chi connectivity index (χ4n) is 6.42. The molecule has 8 amide bonds. The zero-order valence-electron chi connectivity index (χ0n) is 36.6. The predicted molar refractivity (Wildman–Crippen MR) is 245 cm³/mol. The van der Waals surface area contributed by atoms with Crippen molar-refractivity contribution in [2.24, 2.45) is 39.8 Å². The molecule has 15 N–H and O–H groups in total. The van der Waals surface area contributed by atoms with Crippen LogP contribution >= 0.6 is 37.0 Å². The predicted octanol–water partition coefficient (Wildman–Crippen LogP) is -3.07. The first-order valence-corrected chi connectivity index (χ1v) is 23.4. The van der Waals surface area contributed by atoms with E-state index in [0.29, 0.717) is 18.6 Å². The van der Waals surface area contributed by atoms with Gasteiger partial charge in [-0.05, 0) is 68.8 Å². The van der Waals surface area contributed by atoms with Crippen molar-refractivity contribution in [3.05, 3.63) is 0 Å².